The van der Waals surface area contributed by atoms with E-state index in [1.807, 2.05) is 0 Å². The van der Waals surface area contributed by atoms with Crippen LogP contribution in [0.3, 0.4) is 0 Å². The van der Waals surface area contributed by atoms with Gasteiger partial charge in [0, 0.05) is 29.6 Å². The minimum atomic E-state index is -4.56. The van der Waals surface area contributed by atoms with Crippen molar-refractivity contribution in [1.29, 1.82) is 0 Å². The molecule has 2 aromatic carbocycles. The molecule has 30 heavy (non-hydrogen) atoms. The van der Waals surface area contributed by atoms with Crippen molar-refractivity contribution in [3.63, 3.8) is 0 Å². The summed E-state index contributed by atoms with van der Waals surface area (Å²) >= 11 is 0. The molecule has 3 rings (SSSR count). The average Bonchev–Trinajstić information content (AvgIpc) is 2.60. The molecule has 0 unspecified atom stereocenters. The summed E-state index contributed by atoms with van der Waals surface area (Å²) in [6.07, 6.45) is 0. The maximum absolute atomic E-state index is 11.8. The Bertz CT molecular complexity index is 1240. The maximum Gasteiger partial charge on any atom is 0.351 e. The van der Waals surface area contributed by atoms with Gasteiger partial charge in [-0.25, -0.2) is 4.79 Å². The van der Waals surface area contributed by atoms with Crippen molar-refractivity contribution in [2.75, 3.05) is 10.6 Å². The number of anilines is 4. The summed E-state index contributed by atoms with van der Waals surface area (Å²) < 4.78 is 64.4. The van der Waals surface area contributed by atoms with Crippen molar-refractivity contribution in [3.8, 4) is 0 Å². The van der Waals surface area contributed by atoms with Crippen molar-refractivity contribution in [2.45, 2.75) is 9.79 Å². The van der Waals surface area contributed by atoms with E-state index in [-0.39, 0.29) is 52.8 Å². The Hall–Kier alpha value is -2.33. The van der Waals surface area contributed by atoms with Crippen LogP contribution in [0.25, 0.3) is 0 Å². The van der Waals surface area contributed by atoms with Crippen LogP contribution in [0.1, 0.15) is 0 Å². The molecule has 1 heterocycles. The van der Waals surface area contributed by atoms with Gasteiger partial charge in [-0.3, -0.25) is 14.1 Å². The van der Waals surface area contributed by atoms with Crippen molar-refractivity contribution in [3.05, 3.63) is 59.0 Å². The predicted octanol–water partition coefficient (Wildman–Crippen LogP) is 0.765. The predicted molar refractivity (Wildman–Crippen MR) is 107 cm³/mol. The van der Waals surface area contributed by atoms with Gasteiger partial charge in [0.1, 0.15) is 9.79 Å². The Labute approximate surface area is 192 Å². The average molecular weight is 462 g/mol. The number of aromatic amines is 1. The summed E-state index contributed by atoms with van der Waals surface area (Å²) in [6, 6.07) is 10.6. The second kappa shape index (κ2) is 9.22. The second-order valence-electron chi connectivity index (χ2n) is 5.52. The minimum Gasteiger partial charge on any atom is -0.324 e. The number of hydrogen-bond acceptors (Lipinski definition) is 9. The molecule has 1 radical (unpaired) electrons. The molecular formula is C15H13N5NaO7S2. The number of nitrogens with zero attached hydrogens (tertiary/aromatic N) is 2. The molecule has 0 atom stereocenters. The molecule has 0 aliphatic heterocycles. The van der Waals surface area contributed by atoms with Gasteiger partial charge in [0.15, 0.2) is 0 Å². The number of para-hydroxylation sites is 2. The van der Waals surface area contributed by atoms with Gasteiger partial charge in [-0.2, -0.15) is 26.8 Å². The number of H-pyrrole nitrogens is 1. The fourth-order valence-electron chi connectivity index (χ4n) is 2.34. The first-order valence-electron chi connectivity index (χ1n) is 7.69. The van der Waals surface area contributed by atoms with Crippen LogP contribution in [0, 0.1) is 0 Å². The van der Waals surface area contributed by atoms with Crippen LogP contribution in [-0.4, -0.2) is 70.5 Å². The molecule has 15 heteroatoms. The topological polar surface area (TPSA) is 191 Å². The van der Waals surface area contributed by atoms with Crippen LogP contribution < -0.4 is 16.3 Å². The minimum absolute atomic E-state index is 0. The Kier molecular flexibility index (Phi) is 7.36. The first-order valence-corrected chi connectivity index (χ1v) is 10.6. The standard InChI is InChI=1S/C15H13N5O7S2.Na/c21-15-19-13(16-9-5-1-3-7-11(9)28(22,23)24)18-14(20-15)17-10-6-2-4-8-12(10)29(25,26)27;/h1-8H,(H,22,23,24)(H,25,26,27)(H3,16,17,18,19,20,21);. The van der Waals surface area contributed by atoms with Gasteiger partial charge in [0.2, 0.25) is 11.9 Å². The Morgan fingerprint density at radius 2 is 1.23 bits per heavy atom. The molecule has 0 bridgehead atoms. The molecule has 0 saturated carbocycles. The van der Waals surface area contributed by atoms with Crippen molar-refractivity contribution in [1.82, 2.24) is 15.0 Å². The number of rotatable bonds is 6. The van der Waals surface area contributed by atoms with Crippen LogP contribution in [0.15, 0.2) is 63.1 Å². The van der Waals surface area contributed by atoms with E-state index in [2.05, 4.69) is 25.6 Å². The SMILES string of the molecule is O=c1nc(Nc2ccccc2S(=O)(=O)O)nc(Nc2ccccc2S(=O)(=O)O)[nH]1.[Na]. The molecule has 5 N–H and O–H groups in total. The zero-order chi connectivity index (χ0) is 21.2. The van der Waals surface area contributed by atoms with Gasteiger partial charge in [0.25, 0.3) is 20.2 Å². The van der Waals surface area contributed by atoms with Crippen molar-refractivity contribution >= 4 is 73.1 Å². The molecule has 153 valence electrons. The molecule has 0 saturated heterocycles. The fraction of sp³-hybridized carbons (Fsp3) is 0. The van der Waals surface area contributed by atoms with Crippen LogP contribution in [0.2, 0.25) is 0 Å². The summed E-state index contributed by atoms with van der Waals surface area (Å²) in [5, 5.41) is 5.04. The summed E-state index contributed by atoms with van der Waals surface area (Å²) in [5.74, 6) is -0.579. The maximum atomic E-state index is 11.8. The van der Waals surface area contributed by atoms with Gasteiger partial charge >= 0.3 is 5.69 Å². The van der Waals surface area contributed by atoms with E-state index in [1.54, 1.807) is 0 Å². The summed E-state index contributed by atoms with van der Waals surface area (Å²) in [6.45, 7) is 0. The summed E-state index contributed by atoms with van der Waals surface area (Å²) in [5.41, 5.74) is -1.06. The van der Waals surface area contributed by atoms with E-state index in [9.17, 15) is 30.7 Å². The van der Waals surface area contributed by atoms with Crippen LogP contribution in [-0.2, 0) is 20.2 Å². The number of aromatic nitrogens is 3. The summed E-state index contributed by atoms with van der Waals surface area (Å²) in [4.78, 5) is 20.6. The number of nitrogens with one attached hydrogen (secondary N) is 3. The zero-order valence-corrected chi connectivity index (χ0v) is 18.9. The Morgan fingerprint density at radius 3 is 1.73 bits per heavy atom. The van der Waals surface area contributed by atoms with Gasteiger partial charge < -0.3 is 10.6 Å². The first-order chi connectivity index (χ1) is 13.5. The molecule has 1 aromatic heterocycles. The van der Waals surface area contributed by atoms with Gasteiger partial charge in [-0.1, -0.05) is 24.3 Å². The van der Waals surface area contributed by atoms with Gasteiger partial charge in [-0.15, -0.1) is 0 Å². The third-order valence-electron chi connectivity index (χ3n) is 3.48. The van der Waals surface area contributed by atoms with E-state index in [4.69, 9.17) is 0 Å². The molecule has 3 aromatic rings. The summed E-state index contributed by atoms with van der Waals surface area (Å²) in [7, 11) is -9.11. The number of hydrogen-bond donors (Lipinski definition) is 5. The largest absolute Gasteiger partial charge is 0.351 e. The van der Waals surface area contributed by atoms with Crippen molar-refractivity contribution < 1.29 is 25.9 Å². The normalized spacial score (nSPS) is 11.4. The molecule has 0 spiro atoms. The van der Waals surface area contributed by atoms with E-state index in [1.165, 1.54) is 36.4 Å². The van der Waals surface area contributed by atoms with Gasteiger partial charge in [-0.05, 0) is 24.3 Å². The smallest absolute Gasteiger partial charge is 0.324 e. The molecule has 0 fully saturated rings. The van der Waals surface area contributed by atoms with Crippen molar-refractivity contribution in [2.24, 2.45) is 0 Å². The Balaban J connectivity index is 0.00000320. The van der Waals surface area contributed by atoms with Gasteiger partial charge in [0.05, 0.1) is 11.4 Å². The van der Waals surface area contributed by atoms with Crippen LogP contribution >= 0.6 is 0 Å². The van der Waals surface area contributed by atoms with E-state index >= 15 is 0 Å². The molecule has 0 aliphatic carbocycles. The van der Waals surface area contributed by atoms with E-state index in [0.29, 0.717) is 0 Å². The van der Waals surface area contributed by atoms with Crippen LogP contribution in [0.5, 0.6) is 0 Å². The first kappa shape index (κ1) is 23.9. The number of benzene rings is 2. The molecule has 0 amide bonds. The van der Waals surface area contributed by atoms with E-state index < -0.39 is 35.7 Å². The third kappa shape index (κ3) is 5.85. The van der Waals surface area contributed by atoms with Crippen LogP contribution in [0.4, 0.5) is 23.3 Å². The van der Waals surface area contributed by atoms with E-state index in [0.717, 1.165) is 12.1 Å². The molecule has 12 nitrogen and oxygen atoms in total. The monoisotopic (exact) mass is 462 g/mol. The Morgan fingerprint density at radius 1 is 0.767 bits per heavy atom. The second-order valence-corrected chi connectivity index (χ2v) is 8.30. The fourth-order valence-corrected chi connectivity index (χ4v) is 3.63. The zero-order valence-electron chi connectivity index (χ0n) is 15.3. The third-order valence-corrected chi connectivity index (χ3v) is 5.30. The quantitative estimate of drug-likeness (QED) is 0.257. The molecule has 0 aliphatic rings. The molecular weight excluding hydrogens is 449 g/mol.